The Morgan fingerprint density at radius 3 is 3.38 bits per heavy atom. The predicted molar refractivity (Wildman–Crippen MR) is 51.9 cm³/mol. The number of aromatic nitrogens is 2. The average molecular weight is 177 g/mol. The van der Waals surface area contributed by atoms with E-state index in [1.54, 1.807) is 0 Å². The number of aromatic amines is 1. The van der Waals surface area contributed by atoms with Crippen LogP contribution < -0.4 is 5.32 Å². The van der Waals surface area contributed by atoms with Crippen LogP contribution in [0.3, 0.4) is 0 Å². The second kappa shape index (κ2) is 2.50. The summed E-state index contributed by atoms with van der Waals surface area (Å²) < 4.78 is 0. The van der Waals surface area contributed by atoms with Gasteiger partial charge in [0.15, 0.2) is 5.82 Å². The number of hydrogen-bond acceptors (Lipinski definition) is 2. The van der Waals surface area contributed by atoms with E-state index in [1.807, 2.05) is 0 Å². The highest BCUT2D eigenvalue weighted by Gasteiger charge is 2.47. The van der Waals surface area contributed by atoms with Gasteiger partial charge in [-0.1, -0.05) is 6.92 Å². The van der Waals surface area contributed by atoms with Crippen molar-refractivity contribution in [1.82, 2.24) is 10.2 Å². The summed E-state index contributed by atoms with van der Waals surface area (Å²) in [4.78, 5) is 0. The van der Waals surface area contributed by atoms with Crippen LogP contribution in [-0.4, -0.2) is 16.7 Å². The van der Waals surface area contributed by atoms with Gasteiger partial charge in [-0.2, -0.15) is 5.10 Å². The topological polar surface area (TPSA) is 40.7 Å². The highest BCUT2D eigenvalue weighted by atomic mass is 15.2. The molecule has 2 unspecified atom stereocenters. The molecule has 70 valence electrons. The molecule has 0 bridgehead atoms. The van der Waals surface area contributed by atoms with Crippen molar-refractivity contribution in [3.63, 3.8) is 0 Å². The van der Waals surface area contributed by atoms with Crippen LogP contribution in [0.25, 0.3) is 0 Å². The van der Waals surface area contributed by atoms with Crippen LogP contribution in [0.1, 0.15) is 36.9 Å². The first-order chi connectivity index (χ1) is 6.40. The van der Waals surface area contributed by atoms with Crippen LogP contribution in [0.15, 0.2) is 0 Å². The molecule has 0 aliphatic heterocycles. The van der Waals surface area contributed by atoms with Gasteiger partial charge >= 0.3 is 0 Å². The normalized spacial score (nSPS) is 28.4. The number of nitrogens with zero attached hydrogens (tertiary/aromatic N) is 1. The molecule has 2 atom stereocenters. The second-order valence-corrected chi connectivity index (χ2v) is 4.20. The van der Waals surface area contributed by atoms with Gasteiger partial charge in [0.1, 0.15) is 0 Å². The quantitative estimate of drug-likeness (QED) is 0.740. The van der Waals surface area contributed by atoms with E-state index in [9.17, 15) is 0 Å². The van der Waals surface area contributed by atoms with Gasteiger partial charge in [0.05, 0.1) is 0 Å². The van der Waals surface area contributed by atoms with Gasteiger partial charge in [-0.05, 0) is 25.2 Å². The van der Waals surface area contributed by atoms with E-state index >= 15 is 0 Å². The molecule has 0 radical (unpaired) electrons. The molecule has 3 nitrogen and oxygen atoms in total. The summed E-state index contributed by atoms with van der Waals surface area (Å²) >= 11 is 0. The summed E-state index contributed by atoms with van der Waals surface area (Å²) in [7, 11) is 0. The third-order valence-electron chi connectivity index (χ3n) is 3.20. The molecule has 13 heavy (non-hydrogen) atoms. The third kappa shape index (κ3) is 0.992. The number of hydrogen-bond donors (Lipinski definition) is 2. The maximum absolute atomic E-state index is 4.32. The van der Waals surface area contributed by atoms with Crippen LogP contribution in [0.2, 0.25) is 0 Å². The number of anilines is 1. The fourth-order valence-corrected chi connectivity index (χ4v) is 2.37. The predicted octanol–water partition coefficient (Wildman–Crippen LogP) is 1.89. The maximum Gasteiger partial charge on any atom is 0.151 e. The van der Waals surface area contributed by atoms with Gasteiger partial charge in [-0.3, -0.25) is 5.10 Å². The Bertz CT molecular complexity index is 329. The minimum absolute atomic E-state index is 0.833. The minimum Gasteiger partial charge on any atom is -0.368 e. The first kappa shape index (κ1) is 7.42. The molecule has 2 aliphatic carbocycles. The van der Waals surface area contributed by atoms with E-state index < -0.39 is 0 Å². The zero-order chi connectivity index (χ0) is 8.84. The smallest absolute Gasteiger partial charge is 0.151 e. The second-order valence-electron chi connectivity index (χ2n) is 4.20. The Balaban J connectivity index is 1.84. The minimum atomic E-state index is 0.833. The van der Waals surface area contributed by atoms with E-state index in [-0.39, 0.29) is 0 Å². The van der Waals surface area contributed by atoms with Crippen molar-refractivity contribution >= 4 is 5.82 Å². The van der Waals surface area contributed by atoms with Crippen molar-refractivity contribution in [1.29, 1.82) is 0 Å². The van der Waals surface area contributed by atoms with Gasteiger partial charge < -0.3 is 5.32 Å². The number of fused-ring (bicyclic) bond motifs is 3. The maximum atomic E-state index is 4.32. The molecule has 3 heteroatoms. The fourth-order valence-electron chi connectivity index (χ4n) is 2.37. The average Bonchev–Trinajstić information content (AvgIpc) is 2.65. The summed E-state index contributed by atoms with van der Waals surface area (Å²) in [6, 6.07) is 0. The van der Waals surface area contributed by atoms with Crippen molar-refractivity contribution in [3.8, 4) is 0 Å². The monoisotopic (exact) mass is 177 g/mol. The van der Waals surface area contributed by atoms with E-state index in [0.29, 0.717) is 0 Å². The Kier molecular flexibility index (Phi) is 1.43. The molecule has 1 heterocycles. The lowest BCUT2D eigenvalue weighted by Crippen LogP contribution is -2.02. The van der Waals surface area contributed by atoms with E-state index in [1.165, 1.54) is 24.1 Å². The lowest BCUT2D eigenvalue weighted by molar-refractivity contribution is 0.839. The van der Waals surface area contributed by atoms with E-state index in [2.05, 4.69) is 22.4 Å². The molecule has 0 saturated heterocycles. The van der Waals surface area contributed by atoms with Gasteiger partial charge in [0, 0.05) is 23.7 Å². The van der Waals surface area contributed by atoms with E-state index in [0.717, 1.165) is 30.6 Å². The van der Waals surface area contributed by atoms with Gasteiger partial charge in [-0.15, -0.1) is 0 Å². The van der Waals surface area contributed by atoms with E-state index in [4.69, 9.17) is 0 Å². The molecule has 1 fully saturated rings. The molecular weight excluding hydrogens is 162 g/mol. The van der Waals surface area contributed by atoms with Crippen molar-refractivity contribution in [2.45, 2.75) is 32.1 Å². The van der Waals surface area contributed by atoms with Crippen LogP contribution in [-0.2, 0) is 6.42 Å². The zero-order valence-corrected chi connectivity index (χ0v) is 7.93. The molecule has 1 aromatic rings. The molecule has 0 aromatic carbocycles. The Morgan fingerprint density at radius 2 is 2.54 bits per heavy atom. The van der Waals surface area contributed by atoms with Crippen LogP contribution >= 0.6 is 0 Å². The van der Waals surface area contributed by atoms with Crippen molar-refractivity contribution in [2.24, 2.45) is 5.92 Å². The van der Waals surface area contributed by atoms with Crippen molar-refractivity contribution < 1.29 is 0 Å². The number of nitrogens with one attached hydrogen (secondary N) is 2. The largest absolute Gasteiger partial charge is 0.368 e. The molecule has 3 rings (SSSR count). The first-order valence-electron chi connectivity index (χ1n) is 5.21. The standard InChI is InChI=1S/C10H15N3/c1-2-3-11-10-8-5-6-4-7(6)9(8)12-13-10/h6-7H,2-5H2,1H3,(H2,11,12,13). The molecule has 1 saturated carbocycles. The molecule has 2 N–H and O–H groups in total. The number of rotatable bonds is 3. The Morgan fingerprint density at radius 1 is 1.62 bits per heavy atom. The summed E-state index contributed by atoms with van der Waals surface area (Å²) in [6.45, 7) is 3.21. The number of H-pyrrole nitrogens is 1. The lowest BCUT2D eigenvalue weighted by Gasteiger charge is -2.02. The van der Waals surface area contributed by atoms with Gasteiger partial charge in [0.25, 0.3) is 0 Å². The lowest BCUT2D eigenvalue weighted by atomic mass is 10.2. The van der Waals surface area contributed by atoms with Crippen LogP contribution in [0, 0.1) is 5.92 Å². The van der Waals surface area contributed by atoms with Crippen LogP contribution in [0.4, 0.5) is 5.82 Å². The summed E-state index contributed by atoms with van der Waals surface area (Å²) in [5.74, 6) is 2.90. The first-order valence-corrected chi connectivity index (χ1v) is 5.21. The fraction of sp³-hybridized carbons (Fsp3) is 0.700. The molecule has 0 spiro atoms. The summed E-state index contributed by atoms with van der Waals surface area (Å²) in [5.41, 5.74) is 2.89. The highest BCUT2D eigenvalue weighted by Crippen LogP contribution is 2.56. The third-order valence-corrected chi connectivity index (χ3v) is 3.20. The summed E-state index contributed by atoms with van der Waals surface area (Å²) in [5, 5.41) is 10.9. The van der Waals surface area contributed by atoms with Gasteiger partial charge in [-0.25, -0.2) is 0 Å². The molecule has 2 aliphatic rings. The molecular formula is C10H15N3. The summed E-state index contributed by atoms with van der Waals surface area (Å²) in [6.07, 6.45) is 3.81. The molecule has 0 amide bonds. The van der Waals surface area contributed by atoms with Crippen molar-refractivity contribution in [3.05, 3.63) is 11.3 Å². The van der Waals surface area contributed by atoms with Crippen LogP contribution in [0.5, 0.6) is 0 Å². The Labute approximate surface area is 77.9 Å². The SMILES string of the molecule is CCCNc1n[nH]c2c1CC1CC21. The Hall–Kier alpha value is -0.990. The molecule has 1 aromatic heterocycles. The highest BCUT2D eigenvalue weighted by molar-refractivity contribution is 5.53. The van der Waals surface area contributed by atoms with Gasteiger partial charge in [0.2, 0.25) is 0 Å². The van der Waals surface area contributed by atoms with Crippen molar-refractivity contribution in [2.75, 3.05) is 11.9 Å². The zero-order valence-electron chi connectivity index (χ0n) is 7.93.